The molecule has 1 aromatic rings. The molecule has 1 aromatic carbocycles. The second kappa shape index (κ2) is 5.67. The van der Waals surface area contributed by atoms with Crippen LogP contribution in [-0.4, -0.2) is 39.0 Å². The first-order valence-electron chi connectivity index (χ1n) is 6.57. The van der Waals surface area contributed by atoms with Crippen molar-refractivity contribution in [3.8, 4) is 0 Å². The van der Waals surface area contributed by atoms with Gasteiger partial charge in [-0.05, 0) is 45.0 Å². The highest BCUT2D eigenvalue weighted by atomic mass is 32.2. The molecule has 5 nitrogen and oxygen atoms in total. The minimum absolute atomic E-state index is 0.219. The molecule has 1 aliphatic rings. The van der Waals surface area contributed by atoms with Gasteiger partial charge in [-0.3, -0.25) is 4.90 Å². The summed E-state index contributed by atoms with van der Waals surface area (Å²) in [6.45, 7) is 2.67. The number of benzene rings is 1. The van der Waals surface area contributed by atoms with Crippen LogP contribution in [0.5, 0.6) is 0 Å². The molecular weight excluding hydrogens is 281 g/mol. The molecule has 0 spiro atoms. The van der Waals surface area contributed by atoms with Gasteiger partial charge in [-0.15, -0.1) is 0 Å². The second-order valence-electron chi connectivity index (χ2n) is 5.31. The van der Waals surface area contributed by atoms with E-state index in [4.69, 9.17) is 5.14 Å². The van der Waals surface area contributed by atoms with E-state index in [0.29, 0.717) is 12.6 Å². The van der Waals surface area contributed by atoms with Crippen molar-refractivity contribution in [2.24, 2.45) is 5.14 Å². The van der Waals surface area contributed by atoms with Crippen molar-refractivity contribution in [2.75, 3.05) is 18.9 Å². The number of primary sulfonamides is 1. The lowest BCUT2D eigenvalue weighted by Crippen LogP contribution is -2.36. The first-order valence-corrected chi connectivity index (χ1v) is 8.12. The maximum Gasteiger partial charge on any atom is 0.238 e. The first-order chi connectivity index (χ1) is 9.29. The van der Waals surface area contributed by atoms with Crippen LogP contribution in [0.15, 0.2) is 23.1 Å². The number of anilines is 1. The standard InChI is InChI=1S/C13H20FN3O2S/c1-9(17(2)10-3-4-10)8-16-13-6-5-11(7-12(13)14)20(15,18)19/h5-7,9-10,16H,3-4,8H2,1-2H3,(H2,15,18,19). The Morgan fingerprint density at radius 3 is 2.65 bits per heavy atom. The van der Waals surface area contributed by atoms with E-state index in [1.165, 1.54) is 25.0 Å². The Kier molecular flexibility index (Phi) is 4.31. The van der Waals surface area contributed by atoms with Crippen molar-refractivity contribution in [1.29, 1.82) is 0 Å². The molecule has 1 aliphatic carbocycles. The summed E-state index contributed by atoms with van der Waals surface area (Å²) in [4.78, 5) is 2.05. The molecule has 112 valence electrons. The van der Waals surface area contributed by atoms with Gasteiger partial charge in [-0.1, -0.05) is 0 Å². The first kappa shape index (κ1) is 15.2. The fourth-order valence-electron chi connectivity index (χ4n) is 2.06. The number of hydrogen-bond donors (Lipinski definition) is 2. The fourth-order valence-corrected chi connectivity index (χ4v) is 2.58. The Hall–Kier alpha value is -1.18. The van der Waals surface area contributed by atoms with Crippen LogP contribution in [0.2, 0.25) is 0 Å². The van der Waals surface area contributed by atoms with Gasteiger partial charge in [0.15, 0.2) is 0 Å². The lowest BCUT2D eigenvalue weighted by molar-refractivity contribution is 0.257. The molecule has 1 unspecified atom stereocenters. The number of rotatable bonds is 6. The van der Waals surface area contributed by atoms with Crippen LogP contribution >= 0.6 is 0 Å². The molecular formula is C13H20FN3O2S. The summed E-state index contributed by atoms with van der Waals surface area (Å²) >= 11 is 0. The van der Waals surface area contributed by atoms with E-state index in [-0.39, 0.29) is 16.6 Å². The average molecular weight is 301 g/mol. The van der Waals surface area contributed by atoms with Crippen molar-refractivity contribution in [2.45, 2.75) is 36.7 Å². The smallest absolute Gasteiger partial charge is 0.238 e. The Balaban J connectivity index is 1.99. The average Bonchev–Trinajstić information content (AvgIpc) is 3.19. The minimum Gasteiger partial charge on any atom is -0.381 e. The van der Waals surface area contributed by atoms with Crippen LogP contribution in [0.4, 0.5) is 10.1 Å². The lowest BCUT2D eigenvalue weighted by atomic mass is 10.2. The van der Waals surface area contributed by atoms with Gasteiger partial charge in [0.2, 0.25) is 10.0 Å². The monoisotopic (exact) mass is 301 g/mol. The summed E-state index contributed by atoms with van der Waals surface area (Å²) < 4.78 is 36.0. The third-order valence-electron chi connectivity index (χ3n) is 3.68. The molecule has 1 fully saturated rings. The van der Waals surface area contributed by atoms with Gasteiger partial charge in [0.1, 0.15) is 5.82 Å². The Morgan fingerprint density at radius 1 is 1.50 bits per heavy atom. The molecule has 3 N–H and O–H groups in total. The number of nitrogens with two attached hydrogens (primary N) is 1. The second-order valence-corrected chi connectivity index (χ2v) is 6.87. The highest BCUT2D eigenvalue weighted by Crippen LogP contribution is 2.27. The van der Waals surface area contributed by atoms with E-state index in [1.807, 2.05) is 0 Å². The molecule has 1 atom stereocenters. The van der Waals surface area contributed by atoms with E-state index in [0.717, 1.165) is 6.07 Å². The lowest BCUT2D eigenvalue weighted by Gasteiger charge is -2.25. The van der Waals surface area contributed by atoms with E-state index >= 15 is 0 Å². The zero-order valence-corrected chi connectivity index (χ0v) is 12.5. The number of hydrogen-bond acceptors (Lipinski definition) is 4. The van der Waals surface area contributed by atoms with Gasteiger partial charge < -0.3 is 5.32 Å². The van der Waals surface area contributed by atoms with Gasteiger partial charge in [-0.25, -0.2) is 17.9 Å². The molecule has 0 aromatic heterocycles. The van der Waals surface area contributed by atoms with Crippen LogP contribution in [0.3, 0.4) is 0 Å². The van der Waals surface area contributed by atoms with Gasteiger partial charge in [-0.2, -0.15) is 0 Å². The van der Waals surface area contributed by atoms with Crippen molar-refractivity contribution < 1.29 is 12.8 Å². The number of halogens is 1. The largest absolute Gasteiger partial charge is 0.381 e. The highest BCUT2D eigenvalue weighted by Gasteiger charge is 2.28. The Bertz CT molecular complexity index is 587. The maximum atomic E-state index is 13.8. The zero-order chi connectivity index (χ0) is 14.9. The molecule has 0 radical (unpaired) electrons. The normalized spacial score (nSPS) is 17.2. The summed E-state index contributed by atoms with van der Waals surface area (Å²) in [6, 6.07) is 4.56. The number of nitrogens with one attached hydrogen (secondary N) is 1. The van der Waals surface area contributed by atoms with E-state index in [9.17, 15) is 12.8 Å². The molecule has 0 amide bonds. The summed E-state index contributed by atoms with van der Waals surface area (Å²) in [5.74, 6) is -0.613. The highest BCUT2D eigenvalue weighted by molar-refractivity contribution is 7.89. The van der Waals surface area contributed by atoms with Crippen molar-refractivity contribution >= 4 is 15.7 Å². The Morgan fingerprint density at radius 2 is 2.15 bits per heavy atom. The van der Waals surface area contributed by atoms with Crippen LogP contribution in [0.1, 0.15) is 19.8 Å². The quantitative estimate of drug-likeness (QED) is 0.832. The van der Waals surface area contributed by atoms with E-state index < -0.39 is 15.8 Å². The Labute approximate surface area is 119 Å². The number of sulfonamides is 1. The molecule has 2 rings (SSSR count). The van der Waals surface area contributed by atoms with Crippen molar-refractivity contribution in [1.82, 2.24) is 4.90 Å². The van der Waals surface area contributed by atoms with Crippen LogP contribution in [0, 0.1) is 5.82 Å². The molecule has 0 saturated heterocycles. The summed E-state index contributed by atoms with van der Waals surface area (Å²) in [7, 11) is -1.81. The fraction of sp³-hybridized carbons (Fsp3) is 0.538. The molecule has 0 bridgehead atoms. The van der Waals surface area contributed by atoms with Crippen molar-refractivity contribution in [3.05, 3.63) is 24.0 Å². The van der Waals surface area contributed by atoms with E-state index in [2.05, 4.69) is 24.2 Å². The molecule has 1 saturated carbocycles. The van der Waals surface area contributed by atoms with Gasteiger partial charge >= 0.3 is 0 Å². The van der Waals surface area contributed by atoms with E-state index in [1.54, 1.807) is 0 Å². The molecule has 20 heavy (non-hydrogen) atoms. The predicted octanol–water partition coefficient (Wildman–Crippen LogP) is 1.37. The minimum atomic E-state index is -3.87. The number of likely N-dealkylation sites (N-methyl/N-ethyl adjacent to an activating group) is 1. The summed E-state index contributed by atoms with van der Waals surface area (Å²) in [5.41, 5.74) is 0.286. The maximum absolute atomic E-state index is 13.8. The topological polar surface area (TPSA) is 75.4 Å². The third kappa shape index (κ3) is 3.68. The van der Waals surface area contributed by atoms with Crippen LogP contribution < -0.4 is 10.5 Å². The van der Waals surface area contributed by atoms with Gasteiger partial charge in [0.25, 0.3) is 0 Å². The molecule has 0 aliphatic heterocycles. The predicted molar refractivity (Wildman–Crippen MR) is 76.5 cm³/mol. The zero-order valence-electron chi connectivity index (χ0n) is 11.6. The third-order valence-corrected chi connectivity index (χ3v) is 4.59. The van der Waals surface area contributed by atoms with Crippen LogP contribution in [-0.2, 0) is 10.0 Å². The summed E-state index contributed by atoms with van der Waals surface area (Å²) in [5, 5.41) is 7.96. The van der Waals surface area contributed by atoms with Crippen LogP contribution in [0.25, 0.3) is 0 Å². The van der Waals surface area contributed by atoms with Gasteiger partial charge in [0, 0.05) is 18.6 Å². The molecule has 7 heteroatoms. The number of nitrogens with zero attached hydrogens (tertiary/aromatic N) is 1. The van der Waals surface area contributed by atoms with Crippen molar-refractivity contribution in [3.63, 3.8) is 0 Å². The SMILES string of the molecule is CC(CNc1ccc(S(N)(=O)=O)cc1F)N(C)C1CC1. The molecule has 0 heterocycles. The summed E-state index contributed by atoms with van der Waals surface area (Å²) in [6.07, 6.45) is 2.44. The van der Waals surface area contributed by atoms with Gasteiger partial charge in [0.05, 0.1) is 10.6 Å².